The lowest BCUT2D eigenvalue weighted by Crippen LogP contribution is -2.37. The Bertz CT molecular complexity index is 660. The van der Waals surface area contributed by atoms with Crippen LogP contribution in [0.3, 0.4) is 0 Å². The van der Waals surface area contributed by atoms with Crippen LogP contribution in [0.2, 0.25) is 0 Å². The van der Waals surface area contributed by atoms with Crippen LogP contribution in [0.5, 0.6) is 11.5 Å². The van der Waals surface area contributed by atoms with Crippen molar-refractivity contribution in [3.05, 3.63) is 58.6 Å². The van der Waals surface area contributed by atoms with Crippen LogP contribution in [-0.4, -0.2) is 25.7 Å². The van der Waals surface area contributed by atoms with Crippen molar-refractivity contribution in [2.75, 3.05) is 13.7 Å². The smallest absolute Gasteiger partial charge is 0.224 e. The van der Waals surface area contributed by atoms with Gasteiger partial charge in [0, 0.05) is 4.47 Å². The molecule has 122 valence electrons. The number of ether oxygens (including phenoxy) is 2. The van der Waals surface area contributed by atoms with Gasteiger partial charge in [0.15, 0.2) is 11.5 Å². The highest BCUT2D eigenvalue weighted by Gasteiger charge is 2.10. The van der Waals surface area contributed by atoms with Gasteiger partial charge in [0.05, 0.1) is 19.6 Å². The molecule has 23 heavy (non-hydrogen) atoms. The van der Waals surface area contributed by atoms with Crippen molar-refractivity contribution in [1.82, 2.24) is 5.32 Å². The minimum absolute atomic E-state index is 0.0285. The molecule has 2 aromatic carbocycles. The summed E-state index contributed by atoms with van der Waals surface area (Å²) < 4.78 is 11.9. The Kier molecular flexibility index (Phi) is 6.47. The van der Waals surface area contributed by atoms with Crippen LogP contribution in [0.4, 0.5) is 0 Å². The van der Waals surface area contributed by atoms with Crippen LogP contribution in [0, 0.1) is 0 Å². The monoisotopic (exact) mass is 377 g/mol. The summed E-state index contributed by atoms with van der Waals surface area (Å²) in [5.74, 6) is 1.32. The molecule has 0 aliphatic rings. The maximum absolute atomic E-state index is 12.1. The molecule has 2 rings (SSSR count). The molecular weight excluding hydrogens is 358 g/mol. The van der Waals surface area contributed by atoms with Gasteiger partial charge in [-0.15, -0.1) is 0 Å². The number of carbonyl (C=O) groups excluding carboxylic acids is 1. The Hall–Kier alpha value is -2.01. The Morgan fingerprint density at radius 2 is 1.91 bits per heavy atom. The fourth-order valence-corrected chi connectivity index (χ4v) is 2.60. The quantitative estimate of drug-likeness (QED) is 0.801. The summed E-state index contributed by atoms with van der Waals surface area (Å²) in [6.45, 7) is 2.29. The number of hydrogen-bond acceptors (Lipinski definition) is 3. The third-order valence-corrected chi connectivity index (χ3v) is 3.71. The van der Waals surface area contributed by atoms with Crippen molar-refractivity contribution >= 4 is 21.8 Å². The van der Waals surface area contributed by atoms with E-state index in [0.29, 0.717) is 24.5 Å². The molecular formula is C18H20BrNO3. The van der Waals surface area contributed by atoms with E-state index in [9.17, 15) is 4.79 Å². The minimum atomic E-state index is -0.0976. The van der Waals surface area contributed by atoms with E-state index in [0.717, 1.165) is 10.0 Å². The van der Waals surface area contributed by atoms with Crippen LogP contribution in [-0.2, 0) is 11.2 Å². The fourth-order valence-electron chi connectivity index (χ4n) is 2.15. The van der Waals surface area contributed by atoms with E-state index in [1.807, 2.05) is 55.5 Å². The Balaban J connectivity index is 1.82. The van der Waals surface area contributed by atoms with Gasteiger partial charge >= 0.3 is 0 Å². The Labute approximate surface area is 144 Å². The third kappa shape index (κ3) is 5.60. The summed E-state index contributed by atoms with van der Waals surface area (Å²) >= 11 is 3.40. The zero-order valence-corrected chi connectivity index (χ0v) is 14.8. The van der Waals surface area contributed by atoms with Gasteiger partial charge < -0.3 is 14.8 Å². The van der Waals surface area contributed by atoms with Gasteiger partial charge in [-0.1, -0.05) is 40.2 Å². The first-order valence-electron chi connectivity index (χ1n) is 7.38. The average Bonchev–Trinajstić information content (AvgIpc) is 2.53. The molecule has 0 aromatic heterocycles. The van der Waals surface area contributed by atoms with E-state index in [1.165, 1.54) is 0 Å². The van der Waals surface area contributed by atoms with E-state index >= 15 is 0 Å². The minimum Gasteiger partial charge on any atom is -0.493 e. The number of benzene rings is 2. The van der Waals surface area contributed by atoms with E-state index in [4.69, 9.17) is 9.47 Å². The van der Waals surface area contributed by atoms with E-state index < -0.39 is 0 Å². The topological polar surface area (TPSA) is 47.6 Å². The number of amides is 1. The van der Waals surface area contributed by atoms with Crippen molar-refractivity contribution in [1.29, 1.82) is 0 Å². The molecule has 1 atom stereocenters. The van der Waals surface area contributed by atoms with Crippen LogP contribution >= 0.6 is 15.9 Å². The maximum Gasteiger partial charge on any atom is 0.224 e. The SMILES string of the molecule is COc1ccccc1OC[C@H](C)NC(=O)Cc1cccc(Br)c1. The number of para-hydroxylation sites is 2. The molecule has 0 heterocycles. The third-order valence-electron chi connectivity index (χ3n) is 3.22. The molecule has 4 nitrogen and oxygen atoms in total. The summed E-state index contributed by atoms with van der Waals surface area (Å²) in [5.41, 5.74) is 0.967. The summed E-state index contributed by atoms with van der Waals surface area (Å²) in [7, 11) is 1.60. The van der Waals surface area contributed by atoms with Gasteiger partial charge in [-0.25, -0.2) is 0 Å². The largest absolute Gasteiger partial charge is 0.493 e. The van der Waals surface area contributed by atoms with Gasteiger partial charge in [-0.3, -0.25) is 4.79 Å². The number of methoxy groups -OCH3 is 1. The van der Waals surface area contributed by atoms with Gasteiger partial charge in [0.25, 0.3) is 0 Å². The molecule has 1 amide bonds. The molecule has 0 unspecified atom stereocenters. The highest BCUT2D eigenvalue weighted by Crippen LogP contribution is 2.25. The predicted octanol–water partition coefficient (Wildman–Crippen LogP) is 3.58. The Morgan fingerprint density at radius 3 is 2.61 bits per heavy atom. The van der Waals surface area contributed by atoms with Gasteiger partial charge in [0.1, 0.15) is 6.61 Å². The van der Waals surface area contributed by atoms with Crippen LogP contribution in [0.1, 0.15) is 12.5 Å². The zero-order chi connectivity index (χ0) is 16.7. The molecule has 1 N–H and O–H groups in total. The molecule has 0 radical (unpaired) electrons. The van der Waals surface area contributed by atoms with Crippen molar-refractivity contribution < 1.29 is 14.3 Å². The summed E-state index contributed by atoms with van der Waals surface area (Å²) in [6.07, 6.45) is 0.346. The molecule has 0 bridgehead atoms. The molecule has 0 fully saturated rings. The van der Waals surface area contributed by atoms with Crippen molar-refractivity contribution in [2.45, 2.75) is 19.4 Å². The second-order valence-corrected chi connectivity index (χ2v) is 6.15. The van der Waals surface area contributed by atoms with Crippen molar-refractivity contribution in [3.63, 3.8) is 0 Å². The Morgan fingerprint density at radius 1 is 1.17 bits per heavy atom. The molecule has 0 aliphatic heterocycles. The van der Waals surface area contributed by atoms with Crippen LogP contribution in [0.15, 0.2) is 53.0 Å². The predicted molar refractivity (Wildman–Crippen MR) is 93.9 cm³/mol. The van der Waals surface area contributed by atoms with Gasteiger partial charge in [-0.05, 0) is 36.8 Å². The highest BCUT2D eigenvalue weighted by molar-refractivity contribution is 9.10. The van der Waals surface area contributed by atoms with Crippen molar-refractivity contribution in [3.8, 4) is 11.5 Å². The molecule has 2 aromatic rings. The van der Waals surface area contributed by atoms with Crippen LogP contribution in [0.25, 0.3) is 0 Å². The summed E-state index contributed by atoms with van der Waals surface area (Å²) in [4.78, 5) is 12.1. The lowest BCUT2D eigenvalue weighted by molar-refractivity contribution is -0.121. The number of nitrogens with one attached hydrogen (secondary N) is 1. The zero-order valence-electron chi connectivity index (χ0n) is 13.2. The van der Waals surface area contributed by atoms with Gasteiger partial charge in [-0.2, -0.15) is 0 Å². The normalized spacial score (nSPS) is 11.6. The molecule has 0 aliphatic carbocycles. The fraction of sp³-hybridized carbons (Fsp3) is 0.278. The number of halogens is 1. The second-order valence-electron chi connectivity index (χ2n) is 5.24. The van der Waals surface area contributed by atoms with E-state index in [1.54, 1.807) is 7.11 Å². The van der Waals surface area contributed by atoms with Crippen molar-refractivity contribution in [2.24, 2.45) is 0 Å². The summed E-state index contributed by atoms with van der Waals surface area (Å²) in [6, 6.07) is 15.1. The standard InChI is InChI=1S/C18H20BrNO3/c1-13(12-23-17-9-4-3-8-16(17)22-2)20-18(21)11-14-6-5-7-15(19)10-14/h3-10,13H,11-12H2,1-2H3,(H,20,21)/t13-/m0/s1. The first kappa shape index (κ1) is 17.3. The summed E-state index contributed by atoms with van der Waals surface area (Å²) in [5, 5.41) is 2.94. The number of carbonyl (C=O) groups is 1. The lowest BCUT2D eigenvalue weighted by atomic mass is 10.1. The highest BCUT2D eigenvalue weighted by atomic mass is 79.9. The van der Waals surface area contributed by atoms with E-state index in [2.05, 4.69) is 21.2 Å². The second kappa shape index (κ2) is 8.58. The molecule has 0 saturated carbocycles. The van der Waals surface area contributed by atoms with Crippen LogP contribution < -0.4 is 14.8 Å². The number of rotatable bonds is 7. The average molecular weight is 378 g/mol. The van der Waals surface area contributed by atoms with E-state index in [-0.39, 0.29) is 11.9 Å². The molecule has 0 saturated heterocycles. The number of hydrogen-bond donors (Lipinski definition) is 1. The molecule has 5 heteroatoms. The maximum atomic E-state index is 12.1. The lowest BCUT2D eigenvalue weighted by Gasteiger charge is -2.16. The van der Waals surface area contributed by atoms with Gasteiger partial charge in [0.2, 0.25) is 5.91 Å². The molecule has 0 spiro atoms. The first-order valence-corrected chi connectivity index (χ1v) is 8.17. The first-order chi connectivity index (χ1) is 11.1.